The van der Waals surface area contributed by atoms with E-state index in [-0.39, 0.29) is 12.5 Å². The minimum atomic E-state index is -1.51. The Kier molecular flexibility index (Phi) is 5.37. The van der Waals surface area contributed by atoms with Crippen LogP contribution >= 0.6 is 0 Å². The van der Waals surface area contributed by atoms with Gasteiger partial charge in [0.15, 0.2) is 5.60 Å². The zero-order valence-corrected chi connectivity index (χ0v) is 14.9. The molecule has 26 heavy (non-hydrogen) atoms. The van der Waals surface area contributed by atoms with Crippen molar-refractivity contribution in [2.45, 2.75) is 38.5 Å². The molecule has 3 rings (SSSR count). The van der Waals surface area contributed by atoms with E-state index in [1.54, 1.807) is 6.20 Å². The van der Waals surface area contributed by atoms with Crippen LogP contribution < -0.4 is 5.32 Å². The molecule has 2 amide bonds. The Morgan fingerprint density at radius 3 is 2.65 bits per heavy atom. The molecule has 2 aromatic rings. The Morgan fingerprint density at radius 2 is 2.00 bits per heavy atom. The van der Waals surface area contributed by atoms with Gasteiger partial charge in [-0.3, -0.25) is 14.3 Å². The minimum absolute atomic E-state index is 0.0526. The lowest BCUT2D eigenvalue weighted by atomic mass is 9.91. The van der Waals surface area contributed by atoms with E-state index in [0.29, 0.717) is 32.5 Å². The topological polar surface area (TPSA) is 87.5 Å². The highest BCUT2D eigenvalue weighted by molar-refractivity contribution is 5.86. The van der Waals surface area contributed by atoms with Crippen molar-refractivity contribution in [2.24, 2.45) is 0 Å². The van der Waals surface area contributed by atoms with E-state index in [4.69, 9.17) is 0 Å². The average molecular weight is 356 g/mol. The summed E-state index contributed by atoms with van der Waals surface area (Å²) in [6.45, 7) is 3.12. The number of piperidine rings is 1. The number of amides is 2. The molecule has 1 atom stereocenters. The number of aliphatic hydroxyl groups is 1. The Bertz CT molecular complexity index is 758. The molecule has 0 radical (unpaired) electrons. The van der Waals surface area contributed by atoms with Crippen LogP contribution in [0, 0.1) is 0 Å². The van der Waals surface area contributed by atoms with Gasteiger partial charge in [-0.1, -0.05) is 24.3 Å². The van der Waals surface area contributed by atoms with E-state index in [0.717, 1.165) is 11.1 Å². The maximum Gasteiger partial charge on any atom is 0.254 e. The van der Waals surface area contributed by atoms with Crippen LogP contribution in [-0.4, -0.2) is 50.3 Å². The van der Waals surface area contributed by atoms with E-state index < -0.39 is 11.5 Å². The molecule has 1 aliphatic rings. The Hall–Kier alpha value is -2.67. The van der Waals surface area contributed by atoms with Gasteiger partial charge in [0.25, 0.3) is 5.91 Å². The molecule has 0 bridgehead atoms. The van der Waals surface area contributed by atoms with Crippen molar-refractivity contribution < 1.29 is 14.7 Å². The molecule has 2 heterocycles. The molecule has 0 saturated carbocycles. The summed E-state index contributed by atoms with van der Waals surface area (Å²) >= 11 is 0. The minimum Gasteiger partial charge on any atom is -0.378 e. The highest BCUT2D eigenvalue weighted by Crippen LogP contribution is 2.21. The first kappa shape index (κ1) is 18.1. The number of nitrogens with one attached hydrogen (secondary N) is 1. The number of hydrogen-bond acceptors (Lipinski definition) is 4. The van der Waals surface area contributed by atoms with Crippen LogP contribution in [0.4, 0.5) is 0 Å². The van der Waals surface area contributed by atoms with E-state index in [2.05, 4.69) is 10.4 Å². The third kappa shape index (κ3) is 4.29. The normalized spacial score (nSPS) is 20.0. The van der Waals surface area contributed by atoms with Crippen LogP contribution in [0.25, 0.3) is 0 Å². The second-order valence-corrected chi connectivity index (χ2v) is 6.78. The molecule has 7 heteroatoms. The molecular formula is C19H24N4O3. The standard InChI is InChI=1S/C19H24N4O3/c1-15(24)22-10-2-8-19(26,14-22)18(25)20-12-16-4-6-17(7-5-16)13-23-11-3-9-21-23/h3-7,9,11,26H,2,8,10,12-14H2,1H3,(H,20,25)/t19-/m1/s1. The van der Waals surface area contributed by atoms with Crippen molar-refractivity contribution >= 4 is 11.8 Å². The van der Waals surface area contributed by atoms with Gasteiger partial charge in [0.1, 0.15) is 0 Å². The fourth-order valence-corrected chi connectivity index (χ4v) is 3.18. The van der Waals surface area contributed by atoms with Gasteiger partial charge in [0.2, 0.25) is 5.91 Å². The van der Waals surface area contributed by atoms with Gasteiger partial charge in [0, 0.05) is 32.4 Å². The van der Waals surface area contributed by atoms with Crippen molar-refractivity contribution in [1.82, 2.24) is 20.0 Å². The molecule has 138 valence electrons. The predicted molar refractivity (Wildman–Crippen MR) is 96.1 cm³/mol. The second kappa shape index (κ2) is 7.70. The van der Waals surface area contributed by atoms with Gasteiger partial charge < -0.3 is 15.3 Å². The van der Waals surface area contributed by atoms with E-state index >= 15 is 0 Å². The highest BCUT2D eigenvalue weighted by atomic mass is 16.3. The Labute approximate surface area is 152 Å². The van der Waals surface area contributed by atoms with Crippen LogP contribution in [0.1, 0.15) is 30.9 Å². The lowest BCUT2D eigenvalue weighted by molar-refractivity contribution is -0.150. The molecular weight excluding hydrogens is 332 g/mol. The number of carbonyl (C=O) groups is 2. The van der Waals surface area contributed by atoms with Crippen LogP contribution in [-0.2, 0) is 22.7 Å². The van der Waals surface area contributed by atoms with E-state index in [1.165, 1.54) is 11.8 Å². The van der Waals surface area contributed by atoms with Gasteiger partial charge >= 0.3 is 0 Å². The van der Waals surface area contributed by atoms with Crippen LogP contribution in [0.15, 0.2) is 42.7 Å². The van der Waals surface area contributed by atoms with E-state index in [9.17, 15) is 14.7 Å². The maximum atomic E-state index is 12.4. The maximum absolute atomic E-state index is 12.4. The van der Waals surface area contributed by atoms with Crippen LogP contribution in [0.3, 0.4) is 0 Å². The molecule has 2 N–H and O–H groups in total. The lowest BCUT2D eigenvalue weighted by Gasteiger charge is -2.37. The first-order chi connectivity index (χ1) is 12.5. The molecule has 1 saturated heterocycles. The quantitative estimate of drug-likeness (QED) is 0.834. The zero-order chi connectivity index (χ0) is 18.6. The van der Waals surface area contributed by atoms with Crippen molar-refractivity contribution in [2.75, 3.05) is 13.1 Å². The van der Waals surface area contributed by atoms with Gasteiger partial charge in [0.05, 0.1) is 13.1 Å². The number of carbonyl (C=O) groups excluding carboxylic acids is 2. The monoisotopic (exact) mass is 356 g/mol. The van der Waals surface area contributed by atoms with Crippen LogP contribution in [0.5, 0.6) is 0 Å². The van der Waals surface area contributed by atoms with Crippen molar-refractivity contribution in [1.29, 1.82) is 0 Å². The summed E-state index contributed by atoms with van der Waals surface area (Å²) < 4.78 is 1.84. The molecule has 1 aromatic heterocycles. The van der Waals surface area contributed by atoms with Gasteiger partial charge in [-0.15, -0.1) is 0 Å². The summed E-state index contributed by atoms with van der Waals surface area (Å²) in [6.07, 6.45) is 4.63. The summed E-state index contributed by atoms with van der Waals surface area (Å²) in [4.78, 5) is 25.5. The Morgan fingerprint density at radius 1 is 1.27 bits per heavy atom. The Balaban J connectivity index is 1.54. The number of β-amino-alcohol motifs (C(OH)–C–C–N with tert-alkyl or cyclic N) is 1. The van der Waals surface area contributed by atoms with Crippen molar-refractivity contribution in [3.05, 3.63) is 53.9 Å². The molecule has 1 fully saturated rings. The largest absolute Gasteiger partial charge is 0.378 e. The summed E-state index contributed by atoms with van der Waals surface area (Å²) in [5, 5.41) is 17.6. The first-order valence-electron chi connectivity index (χ1n) is 8.78. The third-order valence-electron chi connectivity index (χ3n) is 4.72. The summed E-state index contributed by atoms with van der Waals surface area (Å²) in [7, 11) is 0. The molecule has 0 unspecified atom stereocenters. The summed E-state index contributed by atoms with van der Waals surface area (Å²) in [6, 6.07) is 9.77. The number of nitrogens with zero attached hydrogens (tertiary/aromatic N) is 3. The molecule has 1 aromatic carbocycles. The highest BCUT2D eigenvalue weighted by Gasteiger charge is 2.40. The lowest BCUT2D eigenvalue weighted by Crippen LogP contribution is -2.57. The molecule has 1 aliphatic heterocycles. The third-order valence-corrected chi connectivity index (χ3v) is 4.72. The smallest absolute Gasteiger partial charge is 0.254 e. The van der Waals surface area contributed by atoms with Crippen molar-refractivity contribution in [3.8, 4) is 0 Å². The van der Waals surface area contributed by atoms with E-state index in [1.807, 2.05) is 41.2 Å². The van der Waals surface area contributed by atoms with Crippen LogP contribution in [0.2, 0.25) is 0 Å². The second-order valence-electron chi connectivity index (χ2n) is 6.78. The molecule has 0 aliphatic carbocycles. The number of likely N-dealkylation sites (tertiary alicyclic amines) is 1. The fourth-order valence-electron chi connectivity index (χ4n) is 3.18. The fraction of sp³-hybridized carbons (Fsp3) is 0.421. The summed E-state index contributed by atoms with van der Waals surface area (Å²) in [5.74, 6) is -0.548. The first-order valence-corrected chi connectivity index (χ1v) is 8.78. The zero-order valence-electron chi connectivity index (χ0n) is 14.9. The molecule has 0 spiro atoms. The predicted octanol–water partition coefficient (Wildman–Crippen LogP) is 0.921. The average Bonchev–Trinajstić information content (AvgIpc) is 3.14. The molecule has 7 nitrogen and oxygen atoms in total. The number of benzene rings is 1. The van der Waals surface area contributed by atoms with Gasteiger partial charge in [-0.25, -0.2) is 0 Å². The van der Waals surface area contributed by atoms with Gasteiger partial charge in [-0.05, 0) is 30.0 Å². The summed E-state index contributed by atoms with van der Waals surface area (Å²) in [5.41, 5.74) is 0.557. The number of rotatable bonds is 5. The number of hydrogen-bond donors (Lipinski definition) is 2. The number of aromatic nitrogens is 2. The SMILES string of the molecule is CC(=O)N1CCC[C@](O)(C(=O)NCc2ccc(Cn3cccn3)cc2)C1. The van der Waals surface area contributed by atoms with Crippen molar-refractivity contribution in [3.63, 3.8) is 0 Å². The van der Waals surface area contributed by atoms with Gasteiger partial charge in [-0.2, -0.15) is 5.10 Å².